The maximum Gasteiger partial charge on any atom is 0.267 e. The van der Waals surface area contributed by atoms with E-state index in [0.717, 1.165) is 60.0 Å². The lowest BCUT2D eigenvalue weighted by Gasteiger charge is -2.25. The maximum absolute atomic E-state index is 14.6. The van der Waals surface area contributed by atoms with E-state index in [1.807, 2.05) is 13.0 Å². The molecule has 19 heteroatoms. The number of halogens is 9. The van der Waals surface area contributed by atoms with Crippen LogP contribution in [0.2, 0.25) is 45.2 Å². The summed E-state index contributed by atoms with van der Waals surface area (Å²) in [5.41, 5.74) is 5.98. The summed E-state index contributed by atoms with van der Waals surface area (Å²) >= 11 is 59.6. The van der Waals surface area contributed by atoms with E-state index < -0.39 is 21.2 Å². The second kappa shape index (κ2) is 21.7. The average molecular weight is 1060 g/mol. The van der Waals surface area contributed by atoms with Crippen LogP contribution >= 0.6 is 116 Å². The van der Waals surface area contributed by atoms with Gasteiger partial charge in [0.05, 0.1) is 46.4 Å². The second-order valence-corrected chi connectivity index (χ2v) is 20.9. The molecule has 1 aliphatic rings. The van der Waals surface area contributed by atoms with Gasteiger partial charge in [0.25, 0.3) is 15.9 Å². The number of aryl methyl sites for hydroxylation is 1. The Labute approximate surface area is 411 Å². The van der Waals surface area contributed by atoms with E-state index in [9.17, 15) is 13.2 Å². The van der Waals surface area contributed by atoms with Crippen molar-refractivity contribution in [1.82, 2.24) is 5.43 Å². The van der Waals surface area contributed by atoms with Crippen molar-refractivity contribution >= 4 is 161 Å². The number of nitrogens with one attached hydrogen (secondary N) is 2. The zero-order valence-corrected chi connectivity index (χ0v) is 41.5. The van der Waals surface area contributed by atoms with Gasteiger partial charge in [0.2, 0.25) is 0 Å². The Kier molecular flexibility index (Phi) is 17.1. The first-order valence-corrected chi connectivity index (χ1v) is 25.0. The Morgan fingerprint density at radius 2 is 1.40 bits per heavy atom. The summed E-state index contributed by atoms with van der Waals surface area (Å²) in [5.74, 6) is -0.459. The van der Waals surface area contributed by atoms with Crippen LogP contribution in [-0.4, -0.2) is 32.0 Å². The second-order valence-electron chi connectivity index (χ2n) is 14.3. The summed E-state index contributed by atoms with van der Waals surface area (Å²) in [6.45, 7) is 4.60. The predicted molar refractivity (Wildman–Crippen MR) is 265 cm³/mol. The van der Waals surface area contributed by atoms with Gasteiger partial charge in [-0.15, -0.1) is 11.8 Å². The van der Waals surface area contributed by atoms with Crippen molar-refractivity contribution in [2.24, 2.45) is 4.99 Å². The molecule has 1 aliphatic heterocycles. The van der Waals surface area contributed by atoms with Crippen molar-refractivity contribution in [2.45, 2.75) is 74.0 Å². The smallest absolute Gasteiger partial charge is 0.267 e. The number of rotatable bonds is 17. The number of carbonyl (C=O) groups excluding carboxylic acids is 1. The molecule has 1 amide bonds. The van der Waals surface area contributed by atoms with Crippen molar-refractivity contribution in [3.8, 4) is 0 Å². The molecule has 6 rings (SSSR count). The van der Waals surface area contributed by atoms with Crippen LogP contribution in [-0.2, 0) is 21.4 Å². The number of hydrogen-bond donors (Lipinski definition) is 2. The lowest BCUT2D eigenvalue weighted by Crippen LogP contribution is -2.36. The molecule has 5 aromatic carbocycles. The van der Waals surface area contributed by atoms with Crippen molar-refractivity contribution in [3.05, 3.63) is 135 Å². The lowest BCUT2D eigenvalue weighted by molar-refractivity contribution is -0.116. The van der Waals surface area contributed by atoms with Crippen LogP contribution in [0.5, 0.6) is 0 Å². The Bertz CT molecular complexity index is 2590. The minimum absolute atomic E-state index is 0.0593. The molecule has 0 radical (unpaired) electrons. The molecule has 0 saturated carbocycles. The molecule has 1 saturated heterocycles. The molecule has 62 heavy (non-hydrogen) atoms. The highest BCUT2D eigenvalue weighted by Gasteiger charge is 2.42. The first kappa shape index (κ1) is 49.0. The van der Waals surface area contributed by atoms with Gasteiger partial charge in [0, 0.05) is 38.7 Å². The maximum atomic E-state index is 14.6. The zero-order valence-electron chi connectivity index (χ0n) is 33.0. The Balaban J connectivity index is 1.40. The fraction of sp³-hybridized carbons (Fsp3) is 0.256. The summed E-state index contributed by atoms with van der Waals surface area (Å²) in [6, 6.07) is 22.0. The molecule has 0 aliphatic carbocycles. The van der Waals surface area contributed by atoms with Gasteiger partial charge in [-0.05, 0) is 79.6 Å². The molecule has 1 atom stereocenters. The molecule has 0 spiro atoms. The van der Waals surface area contributed by atoms with E-state index in [2.05, 4.69) is 17.7 Å². The third-order valence-corrected chi connectivity index (χ3v) is 16.1. The molecule has 2 N–H and O–H groups in total. The highest BCUT2D eigenvalue weighted by molar-refractivity contribution is 8.01. The number of hydrazine groups is 1. The minimum Gasteiger partial charge on any atom is -0.381 e. The summed E-state index contributed by atoms with van der Waals surface area (Å²) in [4.78, 5) is 20.1. The van der Waals surface area contributed by atoms with Gasteiger partial charge in [-0.2, -0.15) is 0 Å². The number of thioether (sulfide) groups is 1. The molecule has 1 fully saturated rings. The van der Waals surface area contributed by atoms with Crippen molar-refractivity contribution in [2.75, 3.05) is 21.2 Å². The third kappa shape index (κ3) is 11.5. The first-order chi connectivity index (χ1) is 29.5. The average Bonchev–Trinajstić information content (AvgIpc) is 3.52. The van der Waals surface area contributed by atoms with Crippen molar-refractivity contribution in [3.63, 3.8) is 0 Å². The molecule has 0 bridgehead atoms. The topological polar surface area (TPSA) is 94.1 Å². The number of amides is 1. The fourth-order valence-electron chi connectivity index (χ4n) is 6.47. The number of amidine groups is 1. The van der Waals surface area contributed by atoms with E-state index >= 15 is 0 Å². The van der Waals surface area contributed by atoms with Crippen LogP contribution in [0.4, 0.5) is 22.7 Å². The molecule has 1 heterocycles. The van der Waals surface area contributed by atoms with Crippen LogP contribution in [0.3, 0.4) is 0 Å². The lowest BCUT2D eigenvalue weighted by atomic mass is 10.1. The molecular weight excluding hydrogens is 1020 g/mol. The van der Waals surface area contributed by atoms with E-state index in [-0.39, 0.29) is 58.1 Å². The summed E-state index contributed by atoms with van der Waals surface area (Å²) in [6.07, 6.45) is 5.73. The molecular formula is C43H38Cl9N5O3S2. The van der Waals surface area contributed by atoms with Crippen molar-refractivity contribution in [1.29, 1.82) is 0 Å². The van der Waals surface area contributed by atoms with E-state index in [1.165, 1.54) is 4.31 Å². The van der Waals surface area contributed by atoms with Gasteiger partial charge < -0.3 is 5.32 Å². The van der Waals surface area contributed by atoms with Gasteiger partial charge >= 0.3 is 0 Å². The normalized spacial score (nSPS) is 14.8. The predicted octanol–water partition coefficient (Wildman–Crippen LogP) is 15.8. The third-order valence-electron chi connectivity index (χ3n) is 9.74. The highest BCUT2D eigenvalue weighted by atomic mass is 35.5. The fourth-order valence-corrected chi connectivity index (χ4v) is 11.3. The molecule has 328 valence electrons. The number of anilines is 3. The number of benzene rings is 5. The monoisotopic (exact) mass is 1050 g/mol. The van der Waals surface area contributed by atoms with E-state index in [1.54, 1.807) is 72.8 Å². The van der Waals surface area contributed by atoms with Crippen LogP contribution in [0, 0.1) is 6.92 Å². The van der Waals surface area contributed by atoms with Gasteiger partial charge in [-0.3, -0.25) is 14.5 Å². The standard InChI is InChI=1S/C43H38Cl9N5O3S2/c1-3-4-5-6-7-8-17-56(62(59,60)31-14-9-24(2)10-15-31)29-18-27(45)19-30(22-29)61-41-42(55-57(43(41)58)40-38(51)36(49)35(48)37(50)39(40)52)54-34-21-28(13-16-32(34)46)53-23-25-11-12-26(44)20-33(25)47/h9-16,18-22,41,53H,3-8,17,23H2,1-2H3,(H,54,55). The van der Waals surface area contributed by atoms with Crippen LogP contribution in [0.1, 0.15) is 56.6 Å². The Hall–Kier alpha value is -2.45. The zero-order chi connectivity index (χ0) is 44.9. The Morgan fingerprint density at radius 1 is 0.742 bits per heavy atom. The summed E-state index contributed by atoms with van der Waals surface area (Å²) < 4.78 is 30.1. The first-order valence-electron chi connectivity index (χ1n) is 19.2. The van der Waals surface area contributed by atoms with E-state index in [4.69, 9.17) is 109 Å². The van der Waals surface area contributed by atoms with Crippen LogP contribution in [0.25, 0.3) is 0 Å². The molecule has 1 unspecified atom stereocenters. The molecule has 0 aromatic heterocycles. The quantitative estimate of drug-likeness (QED) is 0.0547. The van der Waals surface area contributed by atoms with Crippen molar-refractivity contribution < 1.29 is 13.2 Å². The largest absolute Gasteiger partial charge is 0.381 e. The van der Waals surface area contributed by atoms with Crippen LogP contribution in [0.15, 0.2) is 93.6 Å². The summed E-state index contributed by atoms with van der Waals surface area (Å²) in [7, 11) is -4.04. The van der Waals surface area contributed by atoms with Gasteiger partial charge in [-0.25, -0.2) is 18.4 Å². The number of nitrogens with zero attached hydrogens (tertiary/aromatic N) is 3. The molecule has 5 aromatic rings. The minimum atomic E-state index is -4.04. The number of sulfonamides is 1. The summed E-state index contributed by atoms with van der Waals surface area (Å²) in [5, 5.41) is 4.20. The number of unbranched alkanes of at least 4 members (excludes halogenated alkanes) is 5. The van der Waals surface area contributed by atoms with E-state index in [0.29, 0.717) is 45.0 Å². The number of hydrogen-bond acceptors (Lipinski definition) is 6. The number of carbonyl (C=O) groups is 1. The van der Waals surface area contributed by atoms with Gasteiger partial charge in [0.15, 0.2) is 0 Å². The highest BCUT2D eigenvalue weighted by Crippen LogP contribution is 2.49. The van der Waals surface area contributed by atoms with Gasteiger partial charge in [0.1, 0.15) is 16.8 Å². The Morgan fingerprint density at radius 3 is 2.08 bits per heavy atom. The number of aliphatic imine (C=N–C) groups is 1. The molecule has 8 nitrogen and oxygen atoms in total. The van der Waals surface area contributed by atoms with Gasteiger partial charge in [-0.1, -0.05) is 167 Å². The SMILES string of the molecule is CCCCCCCCN(c1cc(Cl)cc(SC2C(=O)N(c3c(Cl)c(Cl)c(Cl)c(Cl)c3Cl)NC2=Nc2cc(NCc3ccc(Cl)cc3Cl)ccc2Cl)c1)S(=O)(=O)c1ccc(C)cc1. The van der Waals surface area contributed by atoms with Crippen LogP contribution < -0.4 is 20.1 Å².